The van der Waals surface area contributed by atoms with Gasteiger partial charge < -0.3 is 5.73 Å². The molecule has 1 aliphatic rings. The van der Waals surface area contributed by atoms with Crippen molar-refractivity contribution in [3.63, 3.8) is 0 Å². The molecule has 0 aliphatic heterocycles. The van der Waals surface area contributed by atoms with Gasteiger partial charge in [0.25, 0.3) is 0 Å². The van der Waals surface area contributed by atoms with Gasteiger partial charge in [0.2, 0.25) is 0 Å². The summed E-state index contributed by atoms with van der Waals surface area (Å²) < 4.78 is 0. The molecule has 0 bridgehead atoms. The largest absolute Gasteiger partial charge is 0.321 e. The summed E-state index contributed by atoms with van der Waals surface area (Å²) in [4.78, 5) is 0. The van der Waals surface area contributed by atoms with Gasteiger partial charge in [0.15, 0.2) is 0 Å². The van der Waals surface area contributed by atoms with Gasteiger partial charge in [-0.3, -0.25) is 0 Å². The van der Waals surface area contributed by atoms with Crippen LogP contribution in [0.2, 0.25) is 0 Å². The van der Waals surface area contributed by atoms with Crippen LogP contribution in [0.4, 0.5) is 0 Å². The van der Waals surface area contributed by atoms with Crippen LogP contribution in [0.15, 0.2) is 12.1 Å². The van der Waals surface area contributed by atoms with E-state index in [1.165, 1.54) is 35.1 Å². The third kappa shape index (κ3) is 1.81. The molecule has 94 valence electrons. The Labute approximate surface area is 105 Å². The maximum Gasteiger partial charge on any atom is 0.0464 e. The minimum absolute atomic E-state index is 0.143. The van der Waals surface area contributed by atoms with E-state index in [1.54, 1.807) is 0 Å². The van der Waals surface area contributed by atoms with E-state index in [0.29, 0.717) is 0 Å². The van der Waals surface area contributed by atoms with Crippen molar-refractivity contribution in [2.45, 2.75) is 59.4 Å². The zero-order valence-corrected chi connectivity index (χ0v) is 11.9. The molecular formula is C16H25N. The van der Waals surface area contributed by atoms with E-state index in [9.17, 15) is 0 Å². The first kappa shape index (κ1) is 12.6. The van der Waals surface area contributed by atoms with Crippen LogP contribution in [-0.2, 0) is 5.54 Å². The van der Waals surface area contributed by atoms with Crippen molar-refractivity contribution in [1.29, 1.82) is 0 Å². The molecule has 0 amide bonds. The lowest BCUT2D eigenvalue weighted by Gasteiger charge is -2.40. The third-order valence-corrected chi connectivity index (χ3v) is 4.90. The summed E-state index contributed by atoms with van der Waals surface area (Å²) in [6, 6.07) is 4.60. The van der Waals surface area contributed by atoms with E-state index >= 15 is 0 Å². The zero-order chi connectivity index (χ0) is 12.8. The first-order chi connectivity index (χ1) is 7.78. The van der Waals surface area contributed by atoms with E-state index in [0.717, 1.165) is 6.42 Å². The van der Waals surface area contributed by atoms with Crippen LogP contribution in [0.3, 0.4) is 0 Å². The second-order valence-electron chi connectivity index (χ2n) is 6.46. The Balaban J connectivity index is 2.57. The van der Waals surface area contributed by atoms with Gasteiger partial charge >= 0.3 is 0 Å². The molecule has 0 aromatic heterocycles. The van der Waals surface area contributed by atoms with Crippen LogP contribution in [0.5, 0.6) is 0 Å². The number of benzene rings is 1. The summed E-state index contributed by atoms with van der Waals surface area (Å²) in [7, 11) is 0. The molecule has 0 spiro atoms. The molecule has 2 rings (SSSR count). The van der Waals surface area contributed by atoms with Crippen LogP contribution in [0, 0.1) is 26.2 Å². The monoisotopic (exact) mass is 231 g/mol. The molecule has 0 radical (unpaired) electrons. The molecule has 1 aliphatic carbocycles. The van der Waals surface area contributed by atoms with Gasteiger partial charge in [-0.25, -0.2) is 0 Å². The molecule has 0 saturated heterocycles. The Bertz CT molecular complexity index is 445. The Morgan fingerprint density at radius 2 is 1.53 bits per heavy atom. The molecule has 1 aromatic rings. The minimum Gasteiger partial charge on any atom is -0.321 e. The number of hydrogen-bond acceptors (Lipinski definition) is 1. The summed E-state index contributed by atoms with van der Waals surface area (Å²) in [6.07, 6.45) is 3.59. The maximum absolute atomic E-state index is 6.78. The molecule has 0 heterocycles. The average molecular weight is 231 g/mol. The molecule has 17 heavy (non-hydrogen) atoms. The number of hydrogen-bond donors (Lipinski definition) is 1. The summed E-state index contributed by atoms with van der Waals surface area (Å²) >= 11 is 0. The van der Waals surface area contributed by atoms with Crippen molar-refractivity contribution >= 4 is 0 Å². The standard InChI is InChI=1S/C16H25N/c1-11-9-13(3)14(10-12(11)2)16(17)8-6-7-15(16,4)5/h9-10H,6-8,17H2,1-5H3. The van der Waals surface area contributed by atoms with E-state index in [-0.39, 0.29) is 11.0 Å². The van der Waals surface area contributed by atoms with Gasteiger partial charge in [0.05, 0.1) is 0 Å². The highest BCUT2D eigenvalue weighted by molar-refractivity contribution is 5.42. The lowest BCUT2D eigenvalue weighted by molar-refractivity contribution is 0.209. The van der Waals surface area contributed by atoms with Crippen molar-refractivity contribution in [2.75, 3.05) is 0 Å². The van der Waals surface area contributed by atoms with Crippen molar-refractivity contribution in [3.05, 3.63) is 34.4 Å². The first-order valence-electron chi connectivity index (χ1n) is 6.65. The molecule has 1 saturated carbocycles. The van der Waals surface area contributed by atoms with Crippen molar-refractivity contribution in [2.24, 2.45) is 11.1 Å². The van der Waals surface area contributed by atoms with E-state index in [4.69, 9.17) is 5.73 Å². The molecular weight excluding hydrogens is 206 g/mol. The second-order valence-corrected chi connectivity index (χ2v) is 6.46. The Morgan fingerprint density at radius 3 is 2.06 bits per heavy atom. The van der Waals surface area contributed by atoms with E-state index in [2.05, 4.69) is 46.8 Å². The van der Waals surface area contributed by atoms with Crippen LogP contribution >= 0.6 is 0 Å². The SMILES string of the molecule is Cc1cc(C)c(C2(N)CCCC2(C)C)cc1C. The lowest BCUT2D eigenvalue weighted by Crippen LogP contribution is -2.46. The molecule has 1 atom stereocenters. The van der Waals surface area contributed by atoms with Gasteiger partial charge in [-0.1, -0.05) is 32.4 Å². The smallest absolute Gasteiger partial charge is 0.0464 e. The predicted molar refractivity (Wildman–Crippen MR) is 74.2 cm³/mol. The number of nitrogens with two attached hydrogens (primary N) is 1. The predicted octanol–water partition coefficient (Wildman–Crippen LogP) is 3.98. The van der Waals surface area contributed by atoms with Gasteiger partial charge in [-0.15, -0.1) is 0 Å². The van der Waals surface area contributed by atoms with Crippen molar-refractivity contribution in [3.8, 4) is 0 Å². The van der Waals surface area contributed by atoms with Crippen LogP contribution in [-0.4, -0.2) is 0 Å². The topological polar surface area (TPSA) is 26.0 Å². The Morgan fingerprint density at radius 1 is 0.941 bits per heavy atom. The number of aryl methyl sites for hydroxylation is 3. The van der Waals surface area contributed by atoms with Gasteiger partial charge in [0.1, 0.15) is 0 Å². The van der Waals surface area contributed by atoms with Gasteiger partial charge in [0, 0.05) is 5.54 Å². The normalized spacial score (nSPS) is 27.4. The fourth-order valence-corrected chi connectivity index (χ4v) is 3.31. The summed E-state index contributed by atoms with van der Waals surface area (Å²) in [5.41, 5.74) is 12.3. The van der Waals surface area contributed by atoms with E-state index in [1.807, 2.05) is 0 Å². The molecule has 1 unspecified atom stereocenters. The second kappa shape index (κ2) is 3.84. The summed E-state index contributed by atoms with van der Waals surface area (Å²) in [5, 5.41) is 0. The molecule has 2 N–H and O–H groups in total. The Kier molecular flexibility index (Phi) is 2.86. The number of rotatable bonds is 1. The van der Waals surface area contributed by atoms with Crippen LogP contribution in [0.25, 0.3) is 0 Å². The van der Waals surface area contributed by atoms with Gasteiger partial charge in [-0.05, 0) is 61.3 Å². The fraction of sp³-hybridized carbons (Fsp3) is 0.625. The van der Waals surface area contributed by atoms with Crippen molar-refractivity contribution < 1.29 is 0 Å². The summed E-state index contributed by atoms with van der Waals surface area (Å²) in [5.74, 6) is 0. The van der Waals surface area contributed by atoms with Crippen molar-refractivity contribution in [1.82, 2.24) is 0 Å². The fourth-order valence-electron chi connectivity index (χ4n) is 3.31. The molecule has 1 nitrogen and oxygen atoms in total. The first-order valence-corrected chi connectivity index (χ1v) is 6.65. The van der Waals surface area contributed by atoms with E-state index < -0.39 is 0 Å². The molecule has 1 fully saturated rings. The zero-order valence-electron chi connectivity index (χ0n) is 11.9. The average Bonchev–Trinajstić information content (AvgIpc) is 2.48. The highest BCUT2D eigenvalue weighted by Crippen LogP contribution is 2.51. The maximum atomic E-state index is 6.78. The highest BCUT2D eigenvalue weighted by Gasteiger charge is 2.47. The molecule has 1 heteroatoms. The quantitative estimate of drug-likeness (QED) is 0.777. The minimum atomic E-state index is -0.143. The summed E-state index contributed by atoms with van der Waals surface area (Å²) in [6.45, 7) is 11.2. The highest BCUT2D eigenvalue weighted by atomic mass is 14.8. The molecule has 1 aromatic carbocycles. The van der Waals surface area contributed by atoms with Crippen LogP contribution in [0.1, 0.15) is 55.4 Å². The van der Waals surface area contributed by atoms with Gasteiger partial charge in [-0.2, -0.15) is 0 Å². The van der Waals surface area contributed by atoms with Crippen LogP contribution < -0.4 is 5.73 Å². The third-order valence-electron chi connectivity index (χ3n) is 4.90. The Hall–Kier alpha value is -0.820. The lowest BCUT2D eigenvalue weighted by atomic mass is 9.70.